The minimum absolute atomic E-state index is 0.864. The van der Waals surface area contributed by atoms with Crippen LogP contribution in [0.25, 0.3) is 0 Å². The molecule has 26 heavy (non-hydrogen) atoms. The van der Waals surface area contributed by atoms with Crippen molar-refractivity contribution in [3.05, 3.63) is 42.1 Å². The number of benzene rings is 1. The van der Waals surface area contributed by atoms with Gasteiger partial charge >= 0.3 is 0 Å². The molecular formula is C21H31N5. The van der Waals surface area contributed by atoms with E-state index in [1.807, 2.05) is 12.3 Å². The summed E-state index contributed by atoms with van der Waals surface area (Å²) in [6, 6.07) is 10.8. The Morgan fingerprint density at radius 2 is 1.65 bits per heavy atom. The first-order chi connectivity index (χ1) is 12.7. The van der Waals surface area contributed by atoms with E-state index in [1.54, 1.807) is 0 Å². The standard InChI is InChI=1S/C21H31N5/c1-4-11-25(12-5-2)20-9-10-22-21(23-20)26-15-13-24(14-16-26)19-8-6-7-18(3)17-19/h6-10,17H,4-5,11-16H2,1-3H3. The van der Waals surface area contributed by atoms with Crippen LogP contribution in [-0.4, -0.2) is 49.2 Å². The zero-order valence-corrected chi connectivity index (χ0v) is 16.4. The highest BCUT2D eigenvalue weighted by molar-refractivity contribution is 5.51. The molecule has 1 fully saturated rings. The van der Waals surface area contributed by atoms with E-state index in [4.69, 9.17) is 4.98 Å². The Balaban J connectivity index is 1.66. The molecular weight excluding hydrogens is 322 g/mol. The number of hydrogen-bond acceptors (Lipinski definition) is 5. The predicted octanol–water partition coefficient (Wildman–Crippen LogP) is 3.74. The number of piperazine rings is 1. The summed E-state index contributed by atoms with van der Waals surface area (Å²) < 4.78 is 0. The first-order valence-corrected chi connectivity index (χ1v) is 9.85. The van der Waals surface area contributed by atoms with Gasteiger partial charge in [-0.25, -0.2) is 4.98 Å². The van der Waals surface area contributed by atoms with E-state index in [0.29, 0.717) is 0 Å². The average Bonchev–Trinajstić information content (AvgIpc) is 2.68. The van der Waals surface area contributed by atoms with Crippen molar-refractivity contribution in [2.45, 2.75) is 33.6 Å². The van der Waals surface area contributed by atoms with E-state index in [0.717, 1.165) is 63.9 Å². The fourth-order valence-corrected chi connectivity index (χ4v) is 3.54. The van der Waals surface area contributed by atoms with Gasteiger partial charge in [0.2, 0.25) is 5.95 Å². The lowest BCUT2D eigenvalue weighted by Gasteiger charge is -2.36. The van der Waals surface area contributed by atoms with Crippen LogP contribution in [0, 0.1) is 6.92 Å². The molecule has 0 aliphatic carbocycles. The van der Waals surface area contributed by atoms with Gasteiger partial charge in [0.1, 0.15) is 5.82 Å². The second-order valence-electron chi connectivity index (χ2n) is 7.01. The van der Waals surface area contributed by atoms with Crippen molar-refractivity contribution in [1.29, 1.82) is 0 Å². The maximum atomic E-state index is 4.87. The fraction of sp³-hybridized carbons (Fsp3) is 0.524. The van der Waals surface area contributed by atoms with Gasteiger partial charge in [0.15, 0.2) is 0 Å². The van der Waals surface area contributed by atoms with Crippen molar-refractivity contribution in [2.24, 2.45) is 0 Å². The van der Waals surface area contributed by atoms with Gasteiger partial charge in [0.05, 0.1) is 0 Å². The van der Waals surface area contributed by atoms with E-state index in [1.165, 1.54) is 11.3 Å². The Morgan fingerprint density at radius 3 is 2.31 bits per heavy atom. The lowest BCUT2D eigenvalue weighted by Crippen LogP contribution is -2.47. The highest BCUT2D eigenvalue weighted by Gasteiger charge is 2.20. The summed E-state index contributed by atoms with van der Waals surface area (Å²) in [4.78, 5) is 16.5. The monoisotopic (exact) mass is 353 g/mol. The average molecular weight is 354 g/mol. The van der Waals surface area contributed by atoms with Gasteiger partial charge in [-0.05, 0) is 43.5 Å². The smallest absolute Gasteiger partial charge is 0.227 e. The molecule has 0 amide bonds. The van der Waals surface area contributed by atoms with Crippen LogP contribution < -0.4 is 14.7 Å². The van der Waals surface area contributed by atoms with Gasteiger partial charge in [0, 0.05) is 51.2 Å². The first-order valence-electron chi connectivity index (χ1n) is 9.85. The minimum atomic E-state index is 0.864. The molecule has 3 rings (SSSR count). The summed E-state index contributed by atoms with van der Waals surface area (Å²) in [5.41, 5.74) is 2.63. The quantitative estimate of drug-likeness (QED) is 0.758. The van der Waals surface area contributed by atoms with Gasteiger partial charge in [-0.3, -0.25) is 0 Å². The van der Waals surface area contributed by atoms with Gasteiger partial charge in [-0.1, -0.05) is 26.0 Å². The molecule has 5 heteroatoms. The van der Waals surface area contributed by atoms with Gasteiger partial charge < -0.3 is 14.7 Å². The number of aryl methyl sites for hydroxylation is 1. The minimum Gasteiger partial charge on any atom is -0.368 e. The molecule has 140 valence electrons. The number of nitrogens with zero attached hydrogens (tertiary/aromatic N) is 5. The van der Waals surface area contributed by atoms with Crippen LogP contribution >= 0.6 is 0 Å². The largest absolute Gasteiger partial charge is 0.368 e. The van der Waals surface area contributed by atoms with E-state index < -0.39 is 0 Å². The zero-order valence-electron chi connectivity index (χ0n) is 16.4. The Labute approximate surface area is 157 Å². The molecule has 2 aromatic rings. The highest BCUT2D eigenvalue weighted by Crippen LogP contribution is 2.21. The summed E-state index contributed by atoms with van der Waals surface area (Å²) in [6.07, 6.45) is 4.17. The van der Waals surface area contributed by atoms with Crippen LogP contribution in [0.2, 0.25) is 0 Å². The maximum Gasteiger partial charge on any atom is 0.227 e. The molecule has 0 atom stereocenters. The Morgan fingerprint density at radius 1 is 0.962 bits per heavy atom. The summed E-state index contributed by atoms with van der Waals surface area (Å²) >= 11 is 0. The molecule has 0 radical (unpaired) electrons. The third-order valence-electron chi connectivity index (χ3n) is 4.87. The predicted molar refractivity (Wildman–Crippen MR) is 110 cm³/mol. The fourth-order valence-electron chi connectivity index (χ4n) is 3.54. The maximum absolute atomic E-state index is 4.87. The molecule has 1 saturated heterocycles. The number of hydrogen-bond donors (Lipinski definition) is 0. The van der Waals surface area contributed by atoms with Crippen molar-refractivity contribution < 1.29 is 0 Å². The normalized spacial score (nSPS) is 14.6. The number of aromatic nitrogens is 2. The van der Waals surface area contributed by atoms with Crippen LogP contribution in [0.5, 0.6) is 0 Å². The number of rotatable bonds is 7. The Kier molecular flexibility index (Phi) is 6.31. The van der Waals surface area contributed by atoms with Crippen molar-refractivity contribution in [3.8, 4) is 0 Å². The van der Waals surface area contributed by atoms with E-state index in [-0.39, 0.29) is 0 Å². The molecule has 0 spiro atoms. The Bertz CT molecular complexity index is 688. The molecule has 1 aromatic heterocycles. The van der Waals surface area contributed by atoms with Crippen LogP contribution in [0.3, 0.4) is 0 Å². The molecule has 5 nitrogen and oxygen atoms in total. The Hall–Kier alpha value is -2.30. The van der Waals surface area contributed by atoms with Crippen molar-refractivity contribution in [3.63, 3.8) is 0 Å². The second-order valence-corrected chi connectivity index (χ2v) is 7.01. The summed E-state index contributed by atoms with van der Waals surface area (Å²) in [5, 5.41) is 0. The zero-order chi connectivity index (χ0) is 18.4. The highest BCUT2D eigenvalue weighted by atomic mass is 15.3. The second kappa shape index (κ2) is 8.88. The van der Waals surface area contributed by atoms with Crippen LogP contribution in [0.15, 0.2) is 36.5 Å². The van der Waals surface area contributed by atoms with E-state index in [2.05, 4.69) is 64.7 Å². The summed E-state index contributed by atoms with van der Waals surface area (Å²) in [6.45, 7) is 12.6. The third kappa shape index (κ3) is 4.45. The lowest BCUT2D eigenvalue weighted by molar-refractivity contribution is 0.638. The van der Waals surface area contributed by atoms with E-state index in [9.17, 15) is 0 Å². The molecule has 0 saturated carbocycles. The van der Waals surface area contributed by atoms with Crippen molar-refractivity contribution >= 4 is 17.5 Å². The van der Waals surface area contributed by atoms with Crippen molar-refractivity contribution in [2.75, 3.05) is 54.0 Å². The molecule has 1 aliphatic heterocycles. The van der Waals surface area contributed by atoms with Gasteiger partial charge in [-0.15, -0.1) is 0 Å². The molecule has 1 aromatic carbocycles. The molecule has 1 aliphatic rings. The molecule has 0 bridgehead atoms. The van der Waals surface area contributed by atoms with Crippen LogP contribution in [0.4, 0.5) is 17.5 Å². The summed E-state index contributed by atoms with van der Waals surface area (Å²) in [7, 11) is 0. The summed E-state index contributed by atoms with van der Waals surface area (Å²) in [5.74, 6) is 1.92. The van der Waals surface area contributed by atoms with Gasteiger partial charge in [0.25, 0.3) is 0 Å². The molecule has 0 unspecified atom stereocenters. The van der Waals surface area contributed by atoms with Crippen LogP contribution in [-0.2, 0) is 0 Å². The molecule has 0 N–H and O–H groups in total. The SMILES string of the molecule is CCCN(CCC)c1ccnc(N2CCN(c3cccc(C)c3)CC2)n1. The number of anilines is 3. The van der Waals surface area contributed by atoms with Crippen LogP contribution in [0.1, 0.15) is 32.3 Å². The topological polar surface area (TPSA) is 35.5 Å². The molecule has 2 heterocycles. The lowest BCUT2D eigenvalue weighted by atomic mass is 10.2. The first kappa shape index (κ1) is 18.5. The van der Waals surface area contributed by atoms with Gasteiger partial charge in [-0.2, -0.15) is 4.98 Å². The third-order valence-corrected chi connectivity index (χ3v) is 4.87. The van der Waals surface area contributed by atoms with E-state index >= 15 is 0 Å². The van der Waals surface area contributed by atoms with Crippen molar-refractivity contribution in [1.82, 2.24) is 9.97 Å².